The van der Waals surface area contributed by atoms with E-state index in [1.807, 2.05) is 38.1 Å². The number of hydrogen-bond acceptors (Lipinski definition) is 7. The number of carboxylic acid groups (broad SMARTS) is 1. The fourth-order valence-electron chi connectivity index (χ4n) is 4.27. The van der Waals surface area contributed by atoms with Gasteiger partial charge in [-0.3, -0.25) is 20.0 Å². The van der Waals surface area contributed by atoms with Crippen LogP contribution in [0.4, 0.5) is 0 Å². The Morgan fingerprint density at radius 2 is 1.63 bits per heavy atom. The van der Waals surface area contributed by atoms with Gasteiger partial charge in [0.1, 0.15) is 0 Å². The van der Waals surface area contributed by atoms with E-state index < -0.39 is 30.4 Å². The summed E-state index contributed by atoms with van der Waals surface area (Å²) in [6, 6.07) is 16.0. The highest BCUT2D eigenvalue weighted by molar-refractivity contribution is 6.06. The van der Waals surface area contributed by atoms with Crippen molar-refractivity contribution in [1.29, 1.82) is 0 Å². The van der Waals surface area contributed by atoms with Crippen molar-refractivity contribution >= 4 is 28.7 Å². The number of carboxylic acids is 1. The highest BCUT2D eigenvalue weighted by Gasteiger charge is 2.30. The number of aliphatic hydroxyl groups is 1. The zero-order chi connectivity index (χ0) is 29.5. The molecule has 0 saturated carbocycles. The highest BCUT2D eigenvalue weighted by atomic mass is 16.4. The summed E-state index contributed by atoms with van der Waals surface area (Å²) in [6.07, 6.45) is 3.18. The molecule has 0 fully saturated rings. The number of rotatable bonds is 8. The number of aromatic nitrogens is 2. The zero-order valence-electron chi connectivity index (χ0n) is 22.5. The van der Waals surface area contributed by atoms with Crippen molar-refractivity contribution in [3.8, 4) is 23.1 Å². The lowest BCUT2D eigenvalue weighted by Gasteiger charge is -2.29. The minimum Gasteiger partial charge on any atom is -0.480 e. The number of benzene rings is 2. The Bertz CT molecular complexity index is 1640. The van der Waals surface area contributed by atoms with E-state index in [9.17, 15) is 24.6 Å². The van der Waals surface area contributed by atoms with Crippen LogP contribution in [0.15, 0.2) is 73.1 Å². The lowest BCUT2D eigenvalue weighted by Crippen LogP contribution is -2.48. The Morgan fingerprint density at radius 3 is 2.20 bits per heavy atom. The Labute approximate surface area is 236 Å². The van der Waals surface area contributed by atoms with Crippen molar-refractivity contribution in [3.05, 3.63) is 95.3 Å². The molecule has 1 atom stereocenters. The van der Waals surface area contributed by atoms with Crippen molar-refractivity contribution in [1.82, 2.24) is 20.3 Å². The van der Waals surface area contributed by atoms with Gasteiger partial charge in [-0.25, -0.2) is 15.6 Å². The van der Waals surface area contributed by atoms with Gasteiger partial charge in [-0.05, 0) is 54.4 Å². The molecule has 2 amide bonds. The van der Waals surface area contributed by atoms with Crippen LogP contribution in [0.1, 0.15) is 45.7 Å². The second-order valence-electron chi connectivity index (χ2n) is 9.71. The smallest absolute Gasteiger partial charge is 0.328 e. The number of aliphatic carboxylic acids is 1. The summed E-state index contributed by atoms with van der Waals surface area (Å²) in [5.41, 5.74) is 6.25. The first-order chi connectivity index (χ1) is 19.7. The predicted molar refractivity (Wildman–Crippen MR) is 153 cm³/mol. The number of hydrazine groups is 1. The fraction of sp³-hybridized carbons (Fsp3) is 0.194. The molecule has 41 heavy (non-hydrogen) atoms. The van der Waals surface area contributed by atoms with Crippen LogP contribution in [0.5, 0.6) is 0 Å². The number of carbonyl (C=O) groups is 3. The van der Waals surface area contributed by atoms with Crippen LogP contribution in [0.25, 0.3) is 22.2 Å². The molecule has 5 N–H and O–H groups in total. The summed E-state index contributed by atoms with van der Waals surface area (Å²) in [6.45, 7) is 3.26. The average Bonchev–Trinajstić information content (AvgIpc) is 2.98. The molecule has 208 valence electrons. The number of hydrogen-bond donors (Lipinski definition) is 4. The van der Waals surface area contributed by atoms with Gasteiger partial charge < -0.3 is 15.1 Å². The number of pyridine rings is 2. The van der Waals surface area contributed by atoms with Crippen molar-refractivity contribution in [2.45, 2.75) is 19.9 Å². The first-order valence-corrected chi connectivity index (χ1v) is 12.8. The molecule has 0 bridgehead atoms. The minimum atomic E-state index is -1.32. The van der Waals surface area contributed by atoms with Crippen LogP contribution >= 0.6 is 0 Å². The number of nitrogens with one attached hydrogen (secondary N) is 1. The largest absolute Gasteiger partial charge is 0.480 e. The molecule has 4 rings (SSSR count). The molecule has 0 radical (unpaired) electrons. The van der Waals surface area contributed by atoms with E-state index in [1.54, 1.807) is 48.8 Å². The van der Waals surface area contributed by atoms with Gasteiger partial charge in [-0.2, -0.15) is 0 Å². The van der Waals surface area contributed by atoms with Gasteiger partial charge in [0.2, 0.25) is 0 Å². The molecule has 0 aliphatic heterocycles. The molecule has 4 aromatic rings. The molecule has 0 saturated heterocycles. The normalized spacial score (nSPS) is 11.4. The molecule has 0 aliphatic carbocycles. The van der Waals surface area contributed by atoms with Crippen LogP contribution in [0.2, 0.25) is 0 Å². The summed E-state index contributed by atoms with van der Waals surface area (Å²) < 4.78 is 0. The average molecular weight is 552 g/mol. The van der Waals surface area contributed by atoms with Crippen LogP contribution < -0.4 is 11.3 Å². The van der Waals surface area contributed by atoms with E-state index in [2.05, 4.69) is 27.2 Å². The lowest BCUT2D eigenvalue weighted by molar-refractivity contribution is -0.143. The molecule has 0 aliphatic rings. The third-order valence-corrected chi connectivity index (χ3v) is 6.31. The van der Waals surface area contributed by atoms with E-state index in [4.69, 9.17) is 5.84 Å². The van der Waals surface area contributed by atoms with Gasteiger partial charge in [0.05, 0.1) is 23.4 Å². The van der Waals surface area contributed by atoms with E-state index >= 15 is 0 Å². The Morgan fingerprint density at radius 1 is 1.00 bits per heavy atom. The number of amides is 2. The maximum Gasteiger partial charge on any atom is 0.328 e. The molecule has 2 aromatic heterocycles. The quantitative estimate of drug-likeness (QED) is 0.113. The predicted octanol–water partition coefficient (Wildman–Crippen LogP) is 2.84. The molecule has 0 spiro atoms. The van der Waals surface area contributed by atoms with Crippen LogP contribution in [-0.4, -0.2) is 62.1 Å². The molecular weight excluding hydrogens is 522 g/mol. The first-order valence-electron chi connectivity index (χ1n) is 12.8. The van der Waals surface area contributed by atoms with Crippen molar-refractivity contribution in [3.63, 3.8) is 0 Å². The molecule has 2 heterocycles. The molecular formula is C31H29N5O5. The molecule has 2 aromatic carbocycles. The highest BCUT2D eigenvalue weighted by Crippen LogP contribution is 2.24. The van der Waals surface area contributed by atoms with Gasteiger partial charge in [0.15, 0.2) is 6.04 Å². The van der Waals surface area contributed by atoms with E-state index in [-0.39, 0.29) is 12.5 Å². The third kappa shape index (κ3) is 6.73. The number of nitrogens with two attached hydrogens (primary N) is 1. The molecule has 1 unspecified atom stereocenters. The van der Waals surface area contributed by atoms with Crippen LogP contribution in [0.3, 0.4) is 0 Å². The lowest BCUT2D eigenvalue weighted by atomic mass is 10.0. The number of fused-ring (bicyclic) bond motifs is 1. The summed E-state index contributed by atoms with van der Waals surface area (Å²) in [5, 5.41) is 19.6. The zero-order valence-corrected chi connectivity index (χ0v) is 22.5. The topological polar surface area (TPSA) is 159 Å². The van der Waals surface area contributed by atoms with Gasteiger partial charge in [-0.1, -0.05) is 37.8 Å². The van der Waals surface area contributed by atoms with Crippen molar-refractivity contribution in [2.75, 3.05) is 13.2 Å². The van der Waals surface area contributed by atoms with Crippen molar-refractivity contribution < 1.29 is 24.6 Å². The molecule has 10 heteroatoms. The minimum absolute atomic E-state index is 0.0192. The maximum absolute atomic E-state index is 13.1. The monoisotopic (exact) mass is 551 g/mol. The van der Waals surface area contributed by atoms with E-state index in [0.717, 1.165) is 11.1 Å². The third-order valence-electron chi connectivity index (χ3n) is 6.31. The maximum atomic E-state index is 13.1. The van der Waals surface area contributed by atoms with Gasteiger partial charge in [0.25, 0.3) is 11.8 Å². The van der Waals surface area contributed by atoms with Gasteiger partial charge in [-0.15, -0.1) is 0 Å². The second kappa shape index (κ2) is 12.8. The number of aliphatic hydroxyl groups excluding tert-OH is 1. The van der Waals surface area contributed by atoms with Crippen LogP contribution in [-0.2, 0) is 4.79 Å². The summed E-state index contributed by atoms with van der Waals surface area (Å²) >= 11 is 0. The standard InChI is InChI=1S/C31H29N5O5/c1-19(2)17-36(28(18-37)31(40)41)30(39)23-11-7-21(8-12-23)4-3-20-5-9-22(10-6-20)27-15-24(29(38)35-32)25-16-33-14-13-26(25)34-27/h5-16,19,28,37H,17-18,32H2,1-2H3,(H,35,38)(H,40,41). The van der Waals surface area contributed by atoms with E-state index in [0.29, 0.717) is 33.3 Å². The number of nitrogens with zero attached hydrogens (tertiary/aromatic N) is 3. The first kappa shape index (κ1) is 28.9. The summed E-state index contributed by atoms with van der Waals surface area (Å²) in [4.78, 5) is 46.9. The number of carbonyl (C=O) groups excluding carboxylic acids is 2. The Hall–Kier alpha value is -5.11. The SMILES string of the molecule is CC(C)CN(C(=O)c1ccc(C#Cc2ccc(-c3cc(C(=O)NN)c4cnccc4n3)cc2)cc1)C(CO)C(=O)O. The second-order valence-corrected chi connectivity index (χ2v) is 9.71. The van der Waals surface area contributed by atoms with Crippen LogP contribution in [0, 0.1) is 17.8 Å². The number of nitrogen functional groups attached to an aromatic ring is 1. The van der Waals surface area contributed by atoms with Gasteiger partial charge >= 0.3 is 5.97 Å². The van der Waals surface area contributed by atoms with E-state index in [1.165, 1.54) is 4.90 Å². The van der Waals surface area contributed by atoms with Gasteiger partial charge in [0, 0.05) is 46.6 Å². The molecule has 10 nitrogen and oxygen atoms in total. The Balaban J connectivity index is 1.53. The summed E-state index contributed by atoms with van der Waals surface area (Å²) in [7, 11) is 0. The fourth-order valence-corrected chi connectivity index (χ4v) is 4.27. The summed E-state index contributed by atoms with van der Waals surface area (Å²) in [5.74, 6) is 9.35. The van der Waals surface area contributed by atoms with Crippen molar-refractivity contribution in [2.24, 2.45) is 11.8 Å². The Kier molecular flexibility index (Phi) is 9.04.